The van der Waals surface area contributed by atoms with E-state index in [1.807, 2.05) is 11.0 Å². The summed E-state index contributed by atoms with van der Waals surface area (Å²) < 4.78 is 0. The van der Waals surface area contributed by atoms with Gasteiger partial charge in [-0.15, -0.1) is 0 Å². The van der Waals surface area contributed by atoms with Crippen molar-refractivity contribution < 1.29 is 19.5 Å². The van der Waals surface area contributed by atoms with Gasteiger partial charge in [0.25, 0.3) is 0 Å². The molecule has 6 nitrogen and oxygen atoms in total. The van der Waals surface area contributed by atoms with Gasteiger partial charge in [-0.3, -0.25) is 19.8 Å². The predicted molar refractivity (Wildman–Crippen MR) is 69.1 cm³/mol. The topological polar surface area (TPSA) is 86.7 Å². The molecule has 2 aliphatic heterocycles. The minimum absolute atomic E-state index is 0.187. The number of carbonyl (C=O) groups excluding carboxylic acids is 2. The van der Waals surface area contributed by atoms with E-state index in [0.717, 1.165) is 11.1 Å². The van der Waals surface area contributed by atoms with Crippen LogP contribution in [0, 0.1) is 0 Å². The molecule has 2 aliphatic rings. The van der Waals surface area contributed by atoms with Crippen LogP contribution in [-0.4, -0.2) is 40.4 Å². The molecule has 1 atom stereocenters. The minimum Gasteiger partial charge on any atom is -0.478 e. The molecule has 0 aromatic heterocycles. The molecule has 104 valence electrons. The van der Waals surface area contributed by atoms with Gasteiger partial charge in [0.05, 0.1) is 18.0 Å². The standard InChI is InChI=1S/C14H14N2O4/c17-12-6-11(13(18)15-12)16-5-4-9-8(7-16)2-1-3-10(9)14(19)20/h1-3,11H,4-7H2,(H,19,20)(H,15,17,18). The number of nitrogens with one attached hydrogen (secondary N) is 1. The van der Waals surface area contributed by atoms with Crippen molar-refractivity contribution in [3.8, 4) is 0 Å². The second kappa shape index (κ2) is 4.72. The van der Waals surface area contributed by atoms with E-state index in [0.29, 0.717) is 25.1 Å². The Kier molecular flexibility index (Phi) is 3.02. The van der Waals surface area contributed by atoms with Gasteiger partial charge >= 0.3 is 5.97 Å². The Morgan fingerprint density at radius 3 is 2.80 bits per heavy atom. The van der Waals surface area contributed by atoms with Crippen LogP contribution in [0.4, 0.5) is 0 Å². The van der Waals surface area contributed by atoms with Crippen LogP contribution in [0.1, 0.15) is 27.9 Å². The van der Waals surface area contributed by atoms with E-state index in [4.69, 9.17) is 0 Å². The number of aromatic carboxylic acids is 1. The first-order valence-electron chi connectivity index (χ1n) is 6.48. The number of amides is 2. The molecule has 2 heterocycles. The number of imide groups is 1. The van der Waals surface area contributed by atoms with Crippen molar-refractivity contribution in [3.05, 3.63) is 34.9 Å². The van der Waals surface area contributed by atoms with Crippen LogP contribution in [0.5, 0.6) is 0 Å². The fraction of sp³-hybridized carbons (Fsp3) is 0.357. The Labute approximate surface area is 115 Å². The van der Waals surface area contributed by atoms with E-state index in [1.54, 1.807) is 12.1 Å². The Morgan fingerprint density at radius 1 is 1.35 bits per heavy atom. The van der Waals surface area contributed by atoms with Crippen LogP contribution in [0.15, 0.2) is 18.2 Å². The molecule has 0 saturated carbocycles. The molecule has 1 saturated heterocycles. The van der Waals surface area contributed by atoms with Crippen LogP contribution >= 0.6 is 0 Å². The van der Waals surface area contributed by atoms with Crippen molar-refractivity contribution in [1.29, 1.82) is 0 Å². The zero-order valence-corrected chi connectivity index (χ0v) is 10.8. The fourth-order valence-electron chi connectivity index (χ4n) is 2.93. The minimum atomic E-state index is -0.927. The first kappa shape index (κ1) is 12.8. The SMILES string of the molecule is O=C1CC(N2CCc3c(cccc3C(=O)O)C2)C(=O)N1. The molecule has 0 aliphatic carbocycles. The summed E-state index contributed by atoms with van der Waals surface area (Å²) in [6.45, 7) is 1.09. The number of benzene rings is 1. The molecule has 0 spiro atoms. The number of hydrogen-bond acceptors (Lipinski definition) is 4. The largest absolute Gasteiger partial charge is 0.478 e. The second-order valence-electron chi connectivity index (χ2n) is 5.10. The summed E-state index contributed by atoms with van der Waals surface area (Å²) in [5, 5.41) is 11.5. The van der Waals surface area contributed by atoms with Gasteiger partial charge in [-0.25, -0.2) is 4.79 Å². The maximum atomic E-state index is 11.7. The Balaban J connectivity index is 1.86. The number of rotatable bonds is 2. The van der Waals surface area contributed by atoms with Crippen LogP contribution in [0.2, 0.25) is 0 Å². The zero-order valence-electron chi connectivity index (χ0n) is 10.8. The molecular weight excluding hydrogens is 260 g/mol. The van der Waals surface area contributed by atoms with Crippen LogP contribution in [0.3, 0.4) is 0 Å². The maximum absolute atomic E-state index is 11.7. The highest BCUT2D eigenvalue weighted by Gasteiger charge is 2.37. The molecule has 2 N–H and O–H groups in total. The third-order valence-corrected chi connectivity index (χ3v) is 3.91. The highest BCUT2D eigenvalue weighted by Crippen LogP contribution is 2.25. The quantitative estimate of drug-likeness (QED) is 0.750. The van der Waals surface area contributed by atoms with Crippen LogP contribution < -0.4 is 5.32 Å². The zero-order chi connectivity index (χ0) is 14.3. The maximum Gasteiger partial charge on any atom is 0.335 e. The van der Waals surface area contributed by atoms with Gasteiger partial charge in [-0.1, -0.05) is 12.1 Å². The highest BCUT2D eigenvalue weighted by molar-refractivity contribution is 6.05. The lowest BCUT2D eigenvalue weighted by Crippen LogP contribution is -2.43. The lowest BCUT2D eigenvalue weighted by atomic mass is 9.93. The summed E-state index contributed by atoms with van der Waals surface area (Å²) in [5.74, 6) is -1.43. The van der Waals surface area contributed by atoms with Crippen molar-refractivity contribution in [1.82, 2.24) is 10.2 Å². The third kappa shape index (κ3) is 2.08. The van der Waals surface area contributed by atoms with Crippen molar-refractivity contribution in [2.45, 2.75) is 25.4 Å². The van der Waals surface area contributed by atoms with Crippen molar-refractivity contribution >= 4 is 17.8 Å². The number of hydrogen-bond donors (Lipinski definition) is 2. The van der Waals surface area contributed by atoms with E-state index in [-0.39, 0.29) is 18.2 Å². The monoisotopic (exact) mass is 274 g/mol. The van der Waals surface area contributed by atoms with Crippen molar-refractivity contribution in [2.75, 3.05) is 6.54 Å². The average molecular weight is 274 g/mol. The summed E-state index contributed by atoms with van der Waals surface area (Å²) in [7, 11) is 0. The van der Waals surface area contributed by atoms with E-state index >= 15 is 0 Å². The molecule has 6 heteroatoms. The van der Waals surface area contributed by atoms with Gasteiger partial charge < -0.3 is 5.11 Å². The van der Waals surface area contributed by atoms with Gasteiger partial charge in [-0.2, -0.15) is 0 Å². The summed E-state index contributed by atoms with van der Waals surface area (Å²) in [6, 6.07) is 4.76. The Hall–Kier alpha value is -2.21. The van der Waals surface area contributed by atoms with E-state index < -0.39 is 12.0 Å². The molecule has 1 fully saturated rings. The number of fused-ring (bicyclic) bond motifs is 1. The van der Waals surface area contributed by atoms with Crippen LogP contribution in [-0.2, 0) is 22.6 Å². The normalized spacial score (nSPS) is 22.5. The lowest BCUT2D eigenvalue weighted by molar-refractivity contribution is -0.126. The second-order valence-corrected chi connectivity index (χ2v) is 5.10. The highest BCUT2D eigenvalue weighted by atomic mass is 16.4. The molecule has 0 bridgehead atoms. The van der Waals surface area contributed by atoms with Gasteiger partial charge in [0, 0.05) is 13.1 Å². The number of carboxylic acids is 1. The number of nitrogens with zero attached hydrogens (tertiary/aromatic N) is 1. The lowest BCUT2D eigenvalue weighted by Gasteiger charge is -2.32. The summed E-state index contributed by atoms with van der Waals surface area (Å²) in [6.07, 6.45) is 0.766. The fourth-order valence-corrected chi connectivity index (χ4v) is 2.93. The Morgan fingerprint density at radius 2 is 2.15 bits per heavy atom. The molecule has 2 amide bonds. The summed E-state index contributed by atoms with van der Waals surface area (Å²) in [5.41, 5.74) is 2.08. The third-order valence-electron chi connectivity index (χ3n) is 3.91. The predicted octanol–water partition coefficient (Wildman–Crippen LogP) is 0.158. The van der Waals surface area contributed by atoms with Crippen molar-refractivity contribution in [2.24, 2.45) is 0 Å². The average Bonchev–Trinajstić information content (AvgIpc) is 2.76. The van der Waals surface area contributed by atoms with E-state index in [2.05, 4.69) is 5.32 Å². The van der Waals surface area contributed by atoms with Gasteiger partial charge in [-0.05, 0) is 23.6 Å². The number of carbonyl (C=O) groups is 3. The van der Waals surface area contributed by atoms with Crippen LogP contribution in [0.25, 0.3) is 0 Å². The first-order chi connectivity index (χ1) is 9.56. The molecule has 3 rings (SSSR count). The molecule has 0 radical (unpaired) electrons. The number of carboxylic acid groups (broad SMARTS) is 1. The summed E-state index contributed by atoms with van der Waals surface area (Å²) in [4.78, 5) is 36.1. The first-order valence-corrected chi connectivity index (χ1v) is 6.48. The van der Waals surface area contributed by atoms with Gasteiger partial charge in [0.15, 0.2) is 0 Å². The smallest absolute Gasteiger partial charge is 0.335 e. The van der Waals surface area contributed by atoms with E-state index in [9.17, 15) is 19.5 Å². The molecule has 1 aromatic rings. The van der Waals surface area contributed by atoms with Gasteiger partial charge in [0.2, 0.25) is 11.8 Å². The van der Waals surface area contributed by atoms with E-state index in [1.165, 1.54) is 0 Å². The molecule has 20 heavy (non-hydrogen) atoms. The molecule has 1 aromatic carbocycles. The molecular formula is C14H14N2O4. The van der Waals surface area contributed by atoms with Crippen molar-refractivity contribution in [3.63, 3.8) is 0 Å². The Bertz CT molecular complexity index is 611. The molecule has 1 unspecified atom stereocenters. The summed E-state index contributed by atoms with van der Waals surface area (Å²) >= 11 is 0. The van der Waals surface area contributed by atoms with Gasteiger partial charge in [0.1, 0.15) is 0 Å².